The second kappa shape index (κ2) is 7.79. The maximum Gasteiger partial charge on any atom is 0.268 e. The van der Waals surface area contributed by atoms with Gasteiger partial charge in [0.2, 0.25) is 0 Å². The highest BCUT2D eigenvalue weighted by Gasteiger charge is 2.19. The highest BCUT2D eigenvalue weighted by molar-refractivity contribution is 6.31. The van der Waals surface area contributed by atoms with Crippen LogP contribution >= 0.6 is 11.6 Å². The molecule has 1 aliphatic rings. The summed E-state index contributed by atoms with van der Waals surface area (Å²) >= 11 is 6.34. The van der Waals surface area contributed by atoms with Gasteiger partial charge in [-0.15, -0.1) is 0 Å². The molecule has 0 saturated carbocycles. The minimum Gasteiger partial charge on any atom is -0.460 e. The van der Waals surface area contributed by atoms with E-state index in [1.54, 1.807) is 0 Å². The molecule has 6 heteroatoms. The Hall–Kier alpha value is -2.24. The van der Waals surface area contributed by atoms with Crippen molar-refractivity contribution in [1.82, 2.24) is 14.8 Å². The van der Waals surface area contributed by atoms with Gasteiger partial charge in [-0.1, -0.05) is 29.8 Å². The van der Waals surface area contributed by atoms with Crippen LogP contribution in [0, 0.1) is 6.92 Å². The van der Waals surface area contributed by atoms with E-state index in [0.29, 0.717) is 23.8 Å². The summed E-state index contributed by atoms with van der Waals surface area (Å²) in [4.78, 5) is 15.2. The molecule has 1 amide bonds. The Balaban J connectivity index is 1.56. The number of fused-ring (bicyclic) bond motifs is 1. The summed E-state index contributed by atoms with van der Waals surface area (Å²) in [5.74, 6) is 0.749. The van der Waals surface area contributed by atoms with Gasteiger partial charge in [0.25, 0.3) is 5.91 Å². The minimum atomic E-state index is -0.0784. The second-order valence-corrected chi connectivity index (χ2v) is 7.53. The van der Waals surface area contributed by atoms with Crippen LogP contribution in [-0.2, 0) is 6.54 Å². The quantitative estimate of drug-likeness (QED) is 0.695. The van der Waals surface area contributed by atoms with Gasteiger partial charge in [0.05, 0.1) is 5.52 Å². The third kappa shape index (κ3) is 3.89. The highest BCUT2D eigenvalue weighted by Crippen LogP contribution is 2.26. The van der Waals surface area contributed by atoms with Crippen LogP contribution < -0.4 is 5.32 Å². The third-order valence-electron chi connectivity index (χ3n) is 5.14. The van der Waals surface area contributed by atoms with Crippen LogP contribution in [0.15, 0.2) is 40.8 Å². The van der Waals surface area contributed by atoms with E-state index in [9.17, 15) is 4.79 Å². The van der Waals surface area contributed by atoms with Gasteiger partial charge in [-0.25, -0.2) is 0 Å². The lowest BCUT2D eigenvalue weighted by molar-refractivity contribution is 0.0941. The predicted molar refractivity (Wildman–Crippen MR) is 108 cm³/mol. The fourth-order valence-electron chi connectivity index (χ4n) is 3.74. The summed E-state index contributed by atoms with van der Waals surface area (Å²) in [6.45, 7) is 6.24. The van der Waals surface area contributed by atoms with Crippen molar-refractivity contribution in [1.29, 1.82) is 0 Å². The monoisotopic (exact) mass is 385 g/mol. The summed E-state index contributed by atoms with van der Waals surface area (Å²) in [7, 11) is 0. The summed E-state index contributed by atoms with van der Waals surface area (Å²) in [5.41, 5.74) is 3.22. The van der Waals surface area contributed by atoms with Gasteiger partial charge in [-0.3, -0.25) is 4.79 Å². The Labute approximate surface area is 163 Å². The molecular weight excluding hydrogens is 362 g/mol. The van der Waals surface area contributed by atoms with Crippen LogP contribution in [0.4, 0.5) is 0 Å². The van der Waals surface area contributed by atoms with Crippen molar-refractivity contribution < 1.29 is 9.21 Å². The molecule has 27 heavy (non-hydrogen) atoms. The Morgan fingerprint density at radius 1 is 1.22 bits per heavy atom. The number of carbonyl (C=O) groups excluding carboxylic acids is 1. The molecule has 0 spiro atoms. The van der Waals surface area contributed by atoms with Crippen LogP contribution in [-0.4, -0.2) is 41.6 Å². The number of carbonyl (C=O) groups is 1. The maximum absolute atomic E-state index is 12.8. The van der Waals surface area contributed by atoms with Crippen LogP contribution in [0.2, 0.25) is 5.02 Å². The molecule has 0 radical (unpaired) electrons. The normalized spacial score (nSPS) is 14.9. The van der Waals surface area contributed by atoms with E-state index in [4.69, 9.17) is 16.0 Å². The van der Waals surface area contributed by atoms with Gasteiger partial charge >= 0.3 is 0 Å². The molecule has 142 valence electrons. The zero-order valence-electron chi connectivity index (χ0n) is 15.5. The molecule has 4 rings (SSSR count). The lowest BCUT2D eigenvalue weighted by Crippen LogP contribution is -2.34. The smallest absolute Gasteiger partial charge is 0.268 e. The van der Waals surface area contributed by atoms with E-state index >= 15 is 0 Å². The Morgan fingerprint density at radius 3 is 2.78 bits per heavy atom. The maximum atomic E-state index is 12.8. The van der Waals surface area contributed by atoms with Gasteiger partial charge in [0, 0.05) is 36.8 Å². The first-order chi connectivity index (χ1) is 13.1. The van der Waals surface area contributed by atoms with Crippen molar-refractivity contribution in [2.45, 2.75) is 26.3 Å². The largest absolute Gasteiger partial charge is 0.460 e. The number of nitrogens with one attached hydrogen (secondary N) is 1. The molecule has 1 aliphatic heterocycles. The van der Waals surface area contributed by atoms with Crippen molar-refractivity contribution in [3.05, 3.63) is 58.4 Å². The molecule has 0 bridgehead atoms. The molecule has 1 fully saturated rings. The molecule has 0 atom stereocenters. The molecule has 0 aliphatic carbocycles. The predicted octanol–water partition coefficient (Wildman–Crippen LogP) is 4.07. The van der Waals surface area contributed by atoms with Crippen LogP contribution in [0.25, 0.3) is 11.1 Å². The van der Waals surface area contributed by atoms with Crippen molar-refractivity contribution in [2.75, 3.05) is 26.2 Å². The Kier molecular flexibility index (Phi) is 5.23. The first-order valence-corrected chi connectivity index (χ1v) is 9.83. The number of nitrogens with zero attached hydrogens (tertiary/aromatic N) is 2. The van der Waals surface area contributed by atoms with E-state index in [2.05, 4.69) is 10.2 Å². The minimum absolute atomic E-state index is 0.0784. The Morgan fingerprint density at radius 2 is 2.00 bits per heavy atom. The molecule has 1 N–H and O–H groups in total. The lowest BCUT2D eigenvalue weighted by Gasteiger charge is -2.15. The molecule has 0 unspecified atom stereocenters. The molecule has 1 saturated heterocycles. The molecule has 2 aromatic heterocycles. The van der Waals surface area contributed by atoms with Crippen LogP contribution in [0.5, 0.6) is 0 Å². The number of furan rings is 1. The number of likely N-dealkylation sites (tertiary alicyclic amines) is 1. The van der Waals surface area contributed by atoms with Gasteiger partial charge < -0.3 is 19.2 Å². The number of hydrogen-bond acceptors (Lipinski definition) is 3. The van der Waals surface area contributed by atoms with Gasteiger partial charge in [-0.2, -0.15) is 0 Å². The number of aromatic nitrogens is 1. The van der Waals surface area contributed by atoms with Gasteiger partial charge in [0.15, 0.2) is 5.58 Å². The molecule has 3 heterocycles. The standard InChI is InChI=1S/C21H24ClN3O2/c1-15-12-18-20(27-15)13-19(21(26)23-8-11-24-9-4-5-10-24)25(18)14-16-6-2-3-7-17(16)22/h2-3,6-7,12-13H,4-5,8-11,14H2,1H3,(H,23,26). The van der Waals surface area contributed by atoms with Crippen LogP contribution in [0.1, 0.15) is 34.7 Å². The summed E-state index contributed by atoms with van der Waals surface area (Å²) in [5, 5.41) is 3.75. The third-order valence-corrected chi connectivity index (χ3v) is 5.51. The van der Waals surface area contributed by atoms with E-state index in [0.717, 1.165) is 42.1 Å². The van der Waals surface area contributed by atoms with Crippen molar-refractivity contribution in [3.63, 3.8) is 0 Å². The number of aryl methyl sites for hydroxylation is 1. The average molecular weight is 386 g/mol. The number of amides is 1. The van der Waals surface area contributed by atoms with Gasteiger partial charge in [0.1, 0.15) is 11.5 Å². The summed E-state index contributed by atoms with van der Waals surface area (Å²) in [6, 6.07) is 11.5. The van der Waals surface area contributed by atoms with E-state index < -0.39 is 0 Å². The average Bonchev–Trinajstić information content (AvgIpc) is 3.34. The fraction of sp³-hybridized carbons (Fsp3) is 0.381. The SMILES string of the molecule is Cc1cc2c(cc(C(=O)NCCN3CCCC3)n2Cc2ccccc2Cl)o1. The van der Waals surface area contributed by atoms with Gasteiger partial charge in [-0.05, 0) is 44.5 Å². The first-order valence-electron chi connectivity index (χ1n) is 9.45. The number of hydrogen-bond donors (Lipinski definition) is 1. The van der Waals surface area contributed by atoms with Crippen molar-refractivity contribution >= 4 is 28.6 Å². The van der Waals surface area contributed by atoms with Crippen molar-refractivity contribution in [3.8, 4) is 0 Å². The first kappa shape index (κ1) is 18.1. The highest BCUT2D eigenvalue weighted by atomic mass is 35.5. The number of benzene rings is 1. The number of rotatable bonds is 6. The van der Waals surface area contributed by atoms with E-state index in [1.807, 2.05) is 47.9 Å². The Bertz CT molecular complexity index is 954. The van der Waals surface area contributed by atoms with E-state index in [1.165, 1.54) is 12.8 Å². The van der Waals surface area contributed by atoms with Crippen LogP contribution in [0.3, 0.4) is 0 Å². The number of halogens is 1. The molecule has 5 nitrogen and oxygen atoms in total. The topological polar surface area (TPSA) is 50.4 Å². The fourth-order valence-corrected chi connectivity index (χ4v) is 3.94. The lowest BCUT2D eigenvalue weighted by atomic mass is 10.2. The summed E-state index contributed by atoms with van der Waals surface area (Å²) in [6.07, 6.45) is 2.51. The molecular formula is C21H24ClN3O2. The van der Waals surface area contributed by atoms with Crippen molar-refractivity contribution in [2.24, 2.45) is 0 Å². The van der Waals surface area contributed by atoms with E-state index in [-0.39, 0.29) is 5.91 Å². The molecule has 1 aromatic carbocycles. The molecule has 3 aromatic rings. The second-order valence-electron chi connectivity index (χ2n) is 7.12. The zero-order chi connectivity index (χ0) is 18.8. The zero-order valence-corrected chi connectivity index (χ0v) is 16.3. The summed E-state index contributed by atoms with van der Waals surface area (Å²) < 4.78 is 7.74.